The molecule has 4 rings (SSSR count). The number of nitrogens with zero attached hydrogens (tertiary/aromatic N) is 2. The number of benzene rings is 2. The summed E-state index contributed by atoms with van der Waals surface area (Å²) in [6.07, 6.45) is 8.22. The molecule has 1 aliphatic carbocycles. The average Bonchev–Trinajstić information content (AvgIpc) is 3.36. The molecule has 36 heavy (non-hydrogen) atoms. The van der Waals surface area contributed by atoms with E-state index in [0.29, 0.717) is 28.6 Å². The van der Waals surface area contributed by atoms with Gasteiger partial charge in [0, 0.05) is 36.4 Å². The average molecular weight is 509 g/mol. The van der Waals surface area contributed by atoms with E-state index in [1.165, 1.54) is 12.8 Å². The molecule has 0 N–H and O–H groups in total. The van der Waals surface area contributed by atoms with Crippen LogP contribution in [0.2, 0.25) is 5.02 Å². The molecule has 0 aliphatic heterocycles. The minimum absolute atomic E-state index is 0.190. The Morgan fingerprint density at radius 3 is 2.44 bits per heavy atom. The van der Waals surface area contributed by atoms with Gasteiger partial charge in [0.05, 0.1) is 23.8 Å². The maximum absolute atomic E-state index is 12.9. The summed E-state index contributed by atoms with van der Waals surface area (Å²) in [7, 11) is 1.65. The molecule has 0 radical (unpaired) electrons. The third-order valence-electron chi connectivity index (χ3n) is 6.00. The number of carbonyl (C=O) groups is 1. The van der Waals surface area contributed by atoms with E-state index in [1.807, 2.05) is 63.4 Å². The van der Waals surface area contributed by atoms with Gasteiger partial charge in [0.2, 0.25) is 0 Å². The molecule has 1 saturated carbocycles. The van der Waals surface area contributed by atoms with Crippen molar-refractivity contribution in [2.75, 3.05) is 12.0 Å². The molecule has 0 saturated heterocycles. The van der Waals surface area contributed by atoms with Gasteiger partial charge in [-0.3, -0.25) is 4.98 Å². The number of esters is 1. The third-order valence-corrected chi connectivity index (χ3v) is 6.33. The zero-order valence-electron chi connectivity index (χ0n) is 21.3. The molecule has 3 aromatic rings. The van der Waals surface area contributed by atoms with Crippen LogP contribution in [0, 0.1) is 0 Å². The summed E-state index contributed by atoms with van der Waals surface area (Å²) in [6, 6.07) is 15.2. The molecule has 0 spiro atoms. The van der Waals surface area contributed by atoms with E-state index in [4.69, 9.17) is 25.8 Å². The second kappa shape index (κ2) is 11.2. The van der Waals surface area contributed by atoms with Gasteiger partial charge in [-0.05, 0) is 88.4 Å². The lowest BCUT2D eigenvalue weighted by Gasteiger charge is -2.27. The first kappa shape index (κ1) is 25.8. The van der Waals surface area contributed by atoms with E-state index in [9.17, 15) is 4.79 Å². The van der Waals surface area contributed by atoms with E-state index in [-0.39, 0.29) is 6.10 Å². The molecule has 6 nitrogen and oxygen atoms in total. The van der Waals surface area contributed by atoms with Crippen molar-refractivity contribution in [1.82, 2.24) is 4.98 Å². The van der Waals surface area contributed by atoms with Gasteiger partial charge in [0.15, 0.2) is 11.5 Å². The molecule has 0 unspecified atom stereocenters. The minimum Gasteiger partial charge on any atom is -0.493 e. The number of hydrogen-bond acceptors (Lipinski definition) is 6. The molecule has 190 valence electrons. The van der Waals surface area contributed by atoms with Gasteiger partial charge in [-0.25, -0.2) is 4.79 Å². The molecule has 1 heterocycles. The van der Waals surface area contributed by atoms with Crippen molar-refractivity contribution in [2.45, 2.75) is 64.7 Å². The third kappa shape index (κ3) is 6.49. The molecule has 1 fully saturated rings. The van der Waals surface area contributed by atoms with Crippen molar-refractivity contribution in [3.05, 3.63) is 77.1 Å². The van der Waals surface area contributed by atoms with Gasteiger partial charge in [0.1, 0.15) is 5.60 Å². The second-order valence-corrected chi connectivity index (χ2v) is 10.4. The molecule has 7 heteroatoms. The normalized spacial score (nSPS) is 13.9. The quantitative estimate of drug-likeness (QED) is 0.296. The fourth-order valence-electron chi connectivity index (χ4n) is 4.29. The number of ether oxygens (including phenoxy) is 3. The molecular formula is C29H33ClN2O4. The Balaban J connectivity index is 1.75. The predicted octanol–water partition coefficient (Wildman–Crippen LogP) is 7.36. The van der Waals surface area contributed by atoms with Crippen molar-refractivity contribution in [1.29, 1.82) is 0 Å². The molecule has 1 aliphatic rings. The van der Waals surface area contributed by atoms with Gasteiger partial charge in [0.25, 0.3) is 0 Å². The topological polar surface area (TPSA) is 60.9 Å². The van der Waals surface area contributed by atoms with Gasteiger partial charge in [-0.2, -0.15) is 0 Å². The Bertz CT molecular complexity index is 1190. The minimum atomic E-state index is -0.631. The van der Waals surface area contributed by atoms with E-state index in [2.05, 4.69) is 9.88 Å². The highest BCUT2D eigenvalue weighted by molar-refractivity contribution is 6.33. The Hall–Kier alpha value is -3.25. The largest absolute Gasteiger partial charge is 0.493 e. The standard InChI is InChI=1S/C29H33ClN2O4/c1-29(2,3)36-28(33)24-16-21(11-13-25(24)30)32(19-20-8-7-15-31-18-20)22-12-14-26(34-4)27(17-22)35-23-9-5-6-10-23/h7-8,11-18,23H,5-6,9-10,19H2,1-4H3. The molecule has 0 bridgehead atoms. The van der Waals surface area contributed by atoms with Crippen LogP contribution in [-0.2, 0) is 11.3 Å². The Kier molecular flexibility index (Phi) is 8.04. The summed E-state index contributed by atoms with van der Waals surface area (Å²) in [5.41, 5.74) is 2.39. The molecular weight excluding hydrogens is 476 g/mol. The SMILES string of the molecule is COc1ccc(N(Cc2cccnc2)c2ccc(Cl)c(C(=O)OC(C)(C)C)c2)cc1OC1CCCC1. The highest BCUT2D eigenvalue weighted by Crippen LogP contribution is 2.38. The summed E-state index contributed by atoms with van der Waals surface area (Å²) >= 11 is 6.42. The van der Waals surface area contributed by atoms with Crippen LogP contribution in [0.3, 0.4) is 0 Å². The lowest BCUT2D eigenvalue weighted by Crippen LogP contribution is -2.24. The highest BCUT2D eigenvalue weighted by Gasteiger charge is 2.23. The van der Waals surface area contributed by atoms with Crippen molar-refractivity contribution in [2.24, 2.45) is 0 Å². The van der Waals surface area contributed by atoms with Crippen LogP contribution in [0.1, 0.15) is 62.4 Å². The molecule has 0 atom stereocenters. The Morgan fingerprint density at radius 1 is 1.06 bits per heavy atom. The summed E-state index contributed by atoms with van der Waals surface area (Å²) in [4.78, 5) is 19.3. The number of methoxy groups -OCH3 is 1. The smallest absolute Gasteiger partial charge is 0.340 e. The summed E-state index contributed by atoms with van der Waals surface area (Å²) in [6.45, 7) is 6.03. The molecule has 2 aromatic carbocycles. The summed E-state index contributed by atoms with van der Waals surface area (Å²) in [5, 5.41) is 0.342. The maximum Gasteiger partial charge on any atom is 0.340 e. The predicted molar refractivity (Wildman–Crippen MR) is 143 cm³/mol. The van der Waals surface area contributed by atoms with Crippen molar-refractivity contribution in [3.8, 4) is 11.5 Å². The van der Waals surface area contributed by atoms with Crippen LogP contribution in [0.4, 0.5) is 11.4 Å². The van der Waals surface area contributed by atoms with Crippen LogP contribution in [0.5, 0.6) is 11.5 Å². The first-order chi connectivity index (χ1) is 17.2. The van der Waals surface area contributed by atoms with Crippen LogP contribution in [0.15, 0.2) is 60.9 Å². The lowest BCUT2D eigenvalue weighted by molar-refractivity contribution is 0.00697. The fourth-order valence-corrected chi connectivity index (χ4v) is 4.48. The summed E-state index contributed by atoms with van der Waals surface area (Å²) < 4.78 is 17.5. The number of anilines is 2. The number of pyridine rings is 1. The van der Waals surface area contributed by atoms with Gasteiger partial charge in [-0.15, -0.1) is 0 Å². The highest BCUT2D eigenvalue weighted by atomic mass is 35.5. The second-order valence-electron chi connectivity index (χ2n) is 9.97. The van der Waals surface area contributed by atoms with Gasteiger partial charge >= 0.3 is 5.97 Å². The number of hydrogen-bond donors (Lipinski definition) is 0. The lowest BCUT2D eigenvalue weighted by atomic mass is 10.1. The van der Waals surface area contributed by atoms with Crippen LogP contribution in [0.25, 0.3) is 0 Å². The molecule has 1 aromatic heterocycles. The number of aromatic nitrogens is 1. The van der Waals surface area contributed by atoms with Crippen LogP contribution < -0.4 is 14.4 Å². The van der Waals surface area contributed by atoms with Crippen LogP contribution in [-0.4, -0.2) is 29.8 Å². The Morgan fingerprint density at radius 2 is 1.78 bits per heavy atom. The molecule has 0 amide bonds. The monoisotopic (exact) mass is 508 g/mol. The fraction of sp³-hybridized carbons (Fsp3) is 0.379. The van der Waals surface area contributed by atoms with Gasteiger partial charge in [-0.1, -0.05) is 17.7 Å². The maximum atomic E-state index is 12.9. The van der Waals surface area contributed by atoms with Gasteiger partial charge < -0.3 is 19.1 Å². The first-order valence-corrected chi connectivity index (χ1v) is 12.7. The van der Waals surface area contributed by atoms with Crippen LogP contribution >= 0.6 is 11.6 Å². The number of halogens is 1. The first-order valence-electron chi connectivity index (χ1n) is 12.3. The Labute approximate surface area is 218 Å². The van der Waals surface area contributed by atoms with E-state index in [0.717, 1.165) is 29.8 Å². The zero-order chi connectivity index (χ0) is 25.7. The van der Waals surface area contributed by atoms with Crippen molar-refractivity contribution < 1.29 is 19.0 Å². The van der Waals surface area contributed by atoms with E-state index < -0.39 is 11.6 Å². The van der Waals surface area contributed by atoms with Crippen molar-refractivity contribution in [3.63, 3.8) is 0 Å². The summed E-state index contributed by atoms with van der Waals surface area (Å²) in [5.74, 6) is 0.938. The zero-order valence-corrected chi connectivity index (χ0v) is 22.0. The van der Waals surface area contributed by atoms with E-state index >= 15 is 0 Å². The number of carbonyl (C=O) groups excluding carboxylic acids is 1. The van der Waals surface area contributed by atoms with E-state index in [1.54, 1.807) is 25.4 Å². The van der Waals surface area contributed by atoms with Crippen molar-refractivity contribution >= 4 is 28.9 Å². The number of rotatable bonds is 8.